The third-order valence-corrected chi connectivity index (χ3v) is 4.39. The normalized spacial score (nSPS) is 13.1. The Labute approximate surface area is 137 Å². The molecule has 2 aromatic rings. The summed E-state index contributed by atoms with van der Waals surface area (Å²) in [6.07, 6.45) is 0. The van der Waals surface area contributed by atoms with E-state index in [0.29, 0.717) is 32.6 Å². The molecule has 0 saturated heterocycles. The van der Waals surface area contributed by atoms with Crippen LogP contribution in [0.3, 0.4) is 0 Å². The molecule has 0 saturated carbocycles. The van der Waals surface area contributed by atoms with Gasteiger partial charge in [-0.15, -0.1) is 0 Å². The fourth-order valence-corrected chi connectivity index (χ4v) is 3.16. The fraction of sp³-hybridized carbons (Fsp3) is 0.222. The summed E-state index contributed by atoms with van der Waals surface area (Å²) in [5, 5.41) is 3.29. The lowest BCUT2D eigenvalue weighted by atomic mass is 9.83. The van der Waals surface area contributed by atoms with Crippen molar-refractivity contribution in [2.45, 2.75) is 13.8 Å². The third-order valence-electron chi connectivity index (χ3n) is 3.73. The van der Waals surface area contributed by atoms with Gasteiger partial charge in [0.2, 0.25) is 0 Å². The molecule has 0 bridgehead atoms. The summed E-state index contributed by atoms with van der Waals surface area (Å²) >= 11 is 3.42. The smallest absolute Gasteiger partial charge is 0.196 e. The van der Waals surface area contributed by atoms with Crippen molar-refractivity contribution in [1.29, 1.82) is 0 Å². The molecule has 3 rings (SSSR count). The maximum atomic E-state index is 12.9. The number of anilines is 1. The molecule has 0 spiro atoms. The molecule has 0 heterocycles. The van der Waals surface area contributed by atoms with Crippen LogP contribution >= 0.6 is 15.9 Å². The van der Waals surface area contributed by atoms with Gasteiger partial charge in [0.15, 0.2) is 11.6 Å². The van der Waals surface area contributed by atoms with E-state index in [2.05, 4.69) is 35.1 Å². The first-order chi connectivity index (χ1) is 10.5. The molecule has 0 aliphatic heterocycles. The van der Waals surface area contributed by atoms with Crippen LogP contribution in [0.5, 0.6) is 0 Å². The van der Waals surface area contributed by atoms with Gasteiger partial charge in [-0.05, 0) is 18.1 Å². The minimum absolute atomic E-state index is 0.0993. The molecule has 2 aromatic carbocycles. The largest absolute Gasteiger partial charge is 0.384 e. The van der Waals surface area contributed by atoms with Gasteiger partial charge in [-0.1, -0.05) is 54.0 Å². The zero-order chi connectivity index (χ0) is 15.9. The van der Waals surface area contributed by atoms with Crippen LogP contribution in [0.25, 0.3) is 0 Å². The summed E-state index contributed by atoms with van der Waals surface area (Å²) in [6, 6.07) is 10.7. The number of hydrogen-bond donors (Lipinski definition) is 1. The molecule has 22 heavy (non-hydrogen) atoms. The number of rotatable bonds is 3. The summed E-state index contributed by atoms with van der Waals surface area (Å²) in [5.74, 6) is 0.240. The van der Waals surface area contributed by atoms with Gasteiger partial charge in [0.25, 0.3) is 0 Å². The fourth-order valence-electron chi connectivity index (χ4n) is 2.64. The molecule has 4 heteroatoms. The Balaban J connectivity index is 2.18. The van der Waals surface area contributed by atoms with Gasteiger partial charge >= 0.3 is 0 Å². The maximum absolute atomic E-state index is 12.9. The topological polar surface area (TPSA) is 46.2 Å². The molecular weight excluding hydrogens is 342 g/mol. The number of ketones is 2. The molecular formula is C18H16BrNO2. The number of halogens is 1. The van der Waals surface area contributed by atoms with Gasteiger partial charge in [-0.25, -0.2) is 0 Å². The Morgan fingerprint density at radius 1 is 0.955 bits per heavy atom. The van der Waals surface area contributed by atoms with Crippen LogP contribution in [-0.2, 0) is 0 Å². The lowest BCUT2D eigenvalue weighted by Gasteiger charge is -2.22. The van der Waals surface area contributed by atoms with Crippen molar-refractivity contribution in [3.05, 3.63) is 63.1 Å². The first-order valence-corrected chi connectivity index (χ1v) is 8.04. The molecule has 0 amide bonds. The number of carbonyl (C=O) groups excluding carboxylic acids is 2. The molecule has 1 aliphatic carbocycles. The summed E-state index contributed by atoms with van der Waals surface area (Å²) in [7, 11) is 0. The van der Waals surface area contributed by atoms with E-state index in [4.69, 9.17) is 0 Å². The Bertz CT molecular complexity index is 781. The van der Waals surface area contributed by atoms with Crippen molar-refractivity contribution < 1.29 is 9.59 Å². The number of nitrogens with one attached hydrogen (secondary N) is 1. The number of hydrogen-bond acceptors (Lipinski definition) is 3. The number of carbonyl (C=O) groups is 2. The average Bonchev–Trinajstić information content (AvgIpc) is 2.51. The van der Waals surface area contributed by atoms with Gasteiger partial charge in [0.1, 0.15) is 0 Å². The lowest BCUT2D eigenvalue weighted by Crippen LogP contribution is -2.23. The van der Waals surface area contributed by atoms with E-state index in [1.54, 1.807) is 24.3 Å². The molecule has 112 valence electrons. The highest BCUT2D eigenvalue weighted by Gasteiger charge is 2.33. The summed E-state index contributed by atoms with van der Waals surface area (Å²) in [5.41, 5.74) is 2.60. The summed E-state index contributed by atoms with van der Waals surface area (Å²) in [6.45, 7) is 4.94. The Hall–Kier alpha value is -1.94. The van der Waals surface area contributed by atoms with E-state index in [9.17, 15) is 9.59 Å². The highest BCUT2D eigenvalue weighted by molar-refractivity contribution is 9.10. The van der Waals surface area contributed by atoms with Crippen LogP contribution in [0.2, 0.25) is 0 Å². The van der Waals surface area contributed by atoms with Gasteiger partial charge in [0, 0.05) is 33.4 Å². The first-order valence-electron chi connectivity index (χ1n) is 7.25. The second-order valence-electron chi connectivity index (χ2n) is 5.82. The molecule has 0 fully saturated rings. The van der Waals surface area contributed by atoms with E-state index in [1.165, 1.54) is 0 Å². The van der Waals surface area contributed by atoms with Crippen LogP contribution in [0.15, 0.2) is 40.9 Å². The zero-order valence-electron chi connectivity index (χ0n) is 12.4. The van der Waals surface area contributed by atoms with Crippen LogP contribution in [0.1, 0.15) is 45.7 Å². The monoisotopic (exact) mass is 357 g/mol. The predicted octanol–water partition coefficient (Wildman–Crippen LogP) is 4.29. The SMILES string of the molecule is CC(C)CNc1ccc(Br)c2c1C(=O)c1ccccc1C2=O. The minimum atomic E-state index is -0.106. The average molecular weight is 358 g/mol. The molecule has 0 radical (unpaired) electrons. The predicted molar refractivity (Wildman–Crippen MR) is 90.8 cm³/mol. The molecule has 0 aromatic heterocycles. The van der Waals surface area contributed by atoms with Crippen molar-refractivity contribution in [3.8, 4) is 0 Å². The number of benzene rings is 2. The maximum Gasteiger partial charge on any atom is 0.196 e. The van der Waals surface area contributed by atoms with Crippen molar-refractivity contribution in [1.82, 2.24) is 0 Å². The Morgan fingerprint density at radius 3 is 2.14 bits per heavy atom. The highest BCUT2D eigenvalue weighted by atomic mass is 79.9. The van der Waals surface area contributed by atoms with Crippen LogP contribution in [-0.4, -0.2) is 18.1 Å². The zero-order valence-corrected chi connectivity index (χ0v) is 14.0. The highest BCUT2D eigenvalue weighted by Crippen LogP contribution is 2.36. The van der Waals surface area contributed by atoms with E-state index < -0.39 is 0 Å². The van der Waals surface area contributed by atoms with Crippen molar-refractivity contribution in [2.24, 2.45) is 5.92 Å². The van der Waals surface area contributed by atoms with Gasteiger partial charge in [-0.3, -0.25) is 9.59 Å². The van der Waals surface area contributed by atoms with Crippen molar-refractivity contribution in [3.63, 3.8) is 0 Å². The lowest BCUT2D eigenvalue weighted by molar-refractivity contribution is 0.0979. The van der Waals surface area contributed by atoms with Crippen LogP contribution in [0.4, 0.5) is 5.69 Å². The minimum Gasteiger partial charge on any atom is -0.384 e. The molecule has 1 N–H and O–H groups in total. The van der Waals surface area contributed by atoms with E-state index in [1.807, 2.05) is 12.1 Å². The molecule has 1 aliphatic rings. The van der Waals surface area contributed by atoms with E-state index in [0.717, 1.165) is 12.2 Å². The summed E-state index contributed by atoms with van der Waals surface area (Å²) < 4.78 is 0.658. The van der Waals surface area contributed by atoms with Gasteiger partial charge < -0.3 is 5.32 Å². The van der Waals surface area contributed by atoms with Gasteiger partial charge in [0.05, 0.1) is 5.56 Å². The van der Waals surface area contributed by atoms with Crippen molar-refractivity contribution >= 4 is 33.2 Å². The Kier molecular flexibility index (Phi) is 3.87. The molecule has 3 nitrogen and oxygen atoms in total. The van der Waals surface area contributed by atoms with E-state index in [-0.39, 0.29) is 11.6 Å². The Morgan fingerprint density at radius 2 is 1.55 bits per heavy atom. The quantitative estimate of drug-likeness (QED) is 0.760. The second kappa shape index (κ2) is 5.69. The van der Waals surface area contributed by atoms with Crippen LogP contribution in [0, 0.1) is 5.92 Å². The first kappa shape index (κ1) is 15.0. The van der Waals surface area contributed by atoms with Crippen LogP contribution < -0.4 is 5.32 Å². The molecule has 0 atom stereocenters. The third kappa shape index (κ3) is 2.37. The standard InChI is InChI=1S/C18H16BrNO2/c1-10(2)9-20-14-8-7-13(19)15-16(14)18(22)12-6-4-3-5-11(12)17(15)21/h3-8,10,20H,9H2,1-2H3. The summed E-state index contributed by atoms with van der Waals surface area (Å²) in [4.78, 5) is 25.6. The number of fused-ring (bicyclic) bond motifs is 2. The second-order valence-corrected chi connectivity index (χ2v) is 6.68. The molecule has 0 unspecified atom stereocenters. The van der Waals surface area contributed by atoms with Crippen molar-refractivity contribution in [2.75, 3.05) is 11.9 Å². The van der Waals surface area contributed by atoms with E-state index >= 15 is 0 Å². The van der Waals surface area contributed by atoms with Gasteiger partial charge in [-0.2, -0.15) is 0 Å².